The Bertz CT molecular complexity index is 743. The number of rotatable bonds is 3. The number of morpholine rings is 1. The van der Waals surface area contributed by atoms with Crippen LogP contribution in [0, 0.1) is 11.7 Å². The average molecular weight is 329 g/mol. The minimum Gasteiger partial charge on any atom is -0.370 e. The molecule has 2 heterocycles. The number of carbonyl (C=O) groups is 1. The van der Waals surface area contributed by atoms with Gasteiger partial charge >= 0.3 is 0 Å². The molecular weight excluding hydrogens is 309 g/mol. The van der Waals surface area contributed by atoms with Crippen LogP contribution in [0.3, 0.4) is 0 Å². The van der Waals surface area contributed by atoms with Crippen molar-refractivity contribution in [1.29, 1.82) is 0 Å². The number of aryl methyl sites for hydroxylation is 1. The topological polar surface area (TPSA) is 47.4 Å². The van der Waals surface area contributed by atoms with E-state index in [2.05, 4.69) is 5.10 Å². The summed E-state index contributed by atoms with van der Waals surface area (Å²) in [6, 6.07) is 6.31. The smallest absolute Gasteiger partial charge is 0.226 e. The molecular formula is C18H20FN3O2. The van der Waals surface area contributed by atoms with E-state index in [4.69, 9.17) is 4.74 Å². The van der Waals surface area contributed by atoms with Crippen LogP contribution in [-0.4, -0.2) is 40.3 Å². The number of carbonyl (C=O) groups excluding carboxylic acids is 1. The summed E-state index contributed by atoms with van der Waals surface area (Å²) >= 11 is 0. The van der Waals surface area contributed by atoms with Gasteiger partial charge in [0.2, 0.25) is 5.91 Å². The second kappa shape index (κ2) is 6.02. The lowest BCUT2D eigenvalue weighted by Gasteiger charge is -2.33. The molecule has 0 spiro atoms. The third kappa shape index (κ3) is 2.94. The van der Waals surface area contributed by atoms with Gasteiger partial charge in [0, 0.05) is 25.7 Å². The Morgan fingerprint density at radius 2 is 2.08 bits per heavy atom. The summed E-state index contributed by atoms with van der Waals surface area (Å²) in [5.41, 5.74) is 2.05. The van der Waals surface area contributed by atoms with E-state index in [1.54, 1.807) is 16.8 Å². The molecule has 6 heteroatoms. The van der Waals surface area contributed by atoms with Gasteiger partial charge in [-0.25, -0.2) is 4.39 Å². The highest BCUT2D eigenvalue weighted by molar-refractivity contribution is 5.83. The van der Waals surface area contributed by atoms with Crippen molar-refractivity contribution in [2.45, 2.75) is 18.4 Å². The molecule has 0 radical (unpaired) electrons. The third-order valence-corrected chi connectivity index (χ3v) is 4.88. The van der Waals surface area contributed by atoms with Crippen molar-refractivity contribution >= 4 is 5.91 Å². The Morgan fingerprint density at radius 3 is 2.79 bits per heavy atom. The highest BCUT2D eigenvalue weighted by Crippen LogP contribution is 2.48. The molecule has 2 aliphatic rings. The standard InChI is InChI=1S/C18H20FN3O2/c1-21-10-13(9-20-21)15-8-16(15)18(23)22-6-7-24-17(11-22)12-2-4-14(19)5-3-12/h2-5,9-10,15-17H,6-8,11H2,1H3. The lowest BCUT2D eigenvalue weighted by Crippen LogP contribution is -2.43. The molecule has 3 unspecified atom stereocenters. The summed E-state index contributed by atoms with van der Waals surface area (Å²) in [5, 5.41) is 4.18. The fraction of sp³-hybridized carbons (Fsp3) is 0.444. The van der Waals surface area contributed by atoms with Crippen LogP contribution in [0.4, 0.5) is 4.39 Å². The van der Waals surface area contributed by atoms with Crippen molar-refractivity contribution < 1.29 is 13.9 Å². The van der Waals surface area contributed by atoms with E-state index in [1.807, 2.05) is 24.3 Å². The van der Waals surface area contributed by atoms with Gasteiger partial charge in [0.05, 0.1) is 19.3 Å². The number of hydrogen-bond donors (Lipinski definition) is 0. The molecule has 1 saturated carbocycles. The summed E-state index contributed by atoms with van der Waals surface area (Å²) in [6.07, 6.45) is 4.54. The van der Waals surface area contributed by atoms with Gasteiger partial charge in [-0.05, 0) is 35.6 Å². The van der Waals surface area contributed by atoms with Gasteiger partial charge in [-0.3, -0.25) is 9.48 Å². The molecule has 2 fully saturated rings. The van der Waals surface area contributed by atoms with Gasteiger partial charge in [0.15, 0.2) is 0 Å². The number of amides is 1. The normalized spacial score (nSPS) is 26.4. The Hall–Kier alpha value is -2.21. The van der Waals surface area contributed by atoms with Gasteiger partial charge in [-0.1, -0.05) is 12.1 Å². The largest absolute Gasteiger partial charge is 0.370 e. The second-order valence-corrected chi connectivity index (χ2v) is 6.59. The molecule has 1 aliphatic carbocycles. The first-order valence-corrected chi connectivity index (χ1v) is 8.26. The zero-order valence-corrected chi connectivity index (χ0v) is 13.6. The van der Waals surface area contributed by atoms with Gasteiger partial charge in [-0.15, -0.1) is 0 Å². The fourth-order valence-electron chi connectivity index (χ4n) is 3.43. The highest BCUT2D eigenvalue weighted by Gasteiger charge is 2.47. The van der Waals surface area contributed by atoms with Crippen LogP contribution < -0.4 is 0 Å². The van der Waals surface area contributed by atoms with Crippen molar-refractivity contribution in [3.05, 3.63) is 53.6 Å². The summed E-state index contributed by atoms with van der Waals surface area (Å²) in [7, 11) is 1.89. The molecule has 126 valence electrons. The summed E-state index contributed by atoms with van der Waals surface area (Å²) in [6.45, 7) is 1.66. The molecule has 1 saturated heterocycles. The Morgan fingerprint density at radius 1 is 1.29 bits per heavy atom. The van der Waals surface area contributed by atoms with Crippen molar-refractivity contribution in [1.82, 2.24) is 14.7 Å². The number of ether oxygens (including phenoxy) is 1. The number of benzene rings is 1. The Labute approximate surface area is 140 Å². The maximum Gasteiger partial charge on any atom is 0.226 e. The van der Waals surface area contributed by atoms with Crippen LogP contribution in [0.5, 0.6) is 0 Å². The molecule has 1 amide bonds. The van der Waals surface area contributed by atoms with Crippen LogP contribution in [-0.2, 0) is 16.6 Å². The van der Waals surface area contributed by atoms with Crippen molar-refractivity contribution in [3.63, 3.8) is 0 Å². The van der Waals surface area contributed by atoms with Gasteiger partial charge in [0.25, 0.3) is 0 Å². The maximum absolute atomic E-state index is 13.1. The molecule has 24 heavy (non-hydrogen) atoms. The minimum atomic E-state index is -0.264. The van der Waals surface area contributed by atoms with E-state index >= 15 is 0 Å². The molecule has 2 aromatic rings. The first-order valence-electron chi connectivity index (χ1n) is 8.26. The molecule has 1 aromatic carbocycles. The van der Waals surface area contributed by atoms with Crippen LogP contribution in [0.15, 0.2) is 36.7 Å². The van der Waals surface area contributed by atoms with Gasteiger partial charge in [0.1, 0.15) is 11.9 Å². The third-order valence-electron chi connectivity index (χ3n) is 4.88. The van der Waals surface area contributed by atoms with Crippen molar-refractivity contribution in [2.75, 3.05) is 19.7 Å². The van der Waals surface area contributed by atoms with Crippen LogP contribution >= 0.6 is 0 Å². The monoisotopic (exact) mass is 329 g/mol. The Balaban J connectivity index is 1.41. The van der Waals surface area contributed by atoms with E-state index in [0.29, 0.717) is 25.6 Å². The Kier molecular flexibility index (Phi) is 3.84. The second-order valence-electron chi connectivity index (χ2n) is 6.59. The van der Waals surface area contributed by atoms with E-state index in [-0.39, 0.29) is 23.7 Å². The SMILES string of the molecule is Cn1cc(C2CC2C(=O)N2CCOC(c3ccc(F)cc3)C2)cn1. The van der Waals surface area contributed by atoms with E-state index in [1.165, 1.54) is 12.1 Å². The quantitative estimate of drug-likeness (QED) is 0.868. The first-order chi connectivity index (χ1) is 11.6. The molecule has 1 aromatic heterocycles. The number of halogens is 1. The molecule has 5 nitrogen and oxygen atoms in total. The fourth-order valence-corrected chi connectivity index (χ4v) is 3.43. The number of aromatic nitrogens is 2. The zero-order valence-electron chi connectivity index (χ0n) is 13.6. The van der Waals surface area contributed by atoms with Crippen LogP contribution in [0.25, 0.3) is 0 Å². The van der Waals surface area contributed by atoms with E-state index in [9.17, 15) is 9.18 Å². The van der Waals surface area contributed by atoms with Crippen molar-refractivity contribution in [3.8, 4) is 0 Å². The number of nitrogens with zero attached hydrogens (tertiary/aromatic N) is 3. The van der Waals surface area contributed by atoms with E-state index < -0.39 is 0 Å². The summed E-state index contributed by atoms with van der Waals surface area (Å²) in [4.78, 5) is 14.7. The first kappa shape index (κ1) is 15.3. The average Bonchev–Trinajstić information content (AvgIpc) is 3.29. The van der Waals surface area contributed by atoms with E-state index in [0.717, 1.165) is 17.5 Å². The summed E-state index contributed by atoms with van der Waals surface area (Å²) in [5.74, 6) is 0.276. The zero-order chi connectivity index (χ0) is 16.7. The molecule has 4 rings (SSSR count). The maximum atomic E-state index is 13.1. The molecule has 0 bridgehead atoms. The lowest BCUT2D eigenvalue weighted by molar-refractivity contribution is -0.140. The minimum absolute atomic E-state index is 0.0566. The van der Waals surface area contributed by atoms with Crippen molar-refractivity contribution in [2.24, 2.45) is 13.0 Å². The number of hydrogen-bond acceptors (Lipinski definition) is 3. The van der Waals surface area contributed by atoms with Crippen LogP contribution in [0.2, 0.25) is 0 Å². The van der Waals surface area contributed by atoms with Gasteiger partial charge in [-0.2, -0.15) is 5.10 Å². The molecule has 0 N–H and O–H groups in total. The predicted octanol–water partition coefficient (Wildman–Crippen LogP) is 2.26. The predicted molar refractivity (Wildman–Crippen MR) is 85.7 cm³/mol. The summed E-state index contributed by atoms with van der Waals surface area (Å²) < 4.78 is 20.6. The lowest BCUT2D eigenvalue weighted by atomic mass is 10.1. The molecule has 3 atom stereocenters. The van der Waals surface area contributed by atoms with Crippen LogP contribution in [0.1, 0.15) is 29.6 Å². The highest BCUT2D eigenvalue weighted by atomic mass is 19.1. The molecule has 1 aliphatic heterocycles. The van der Waals surface area contributed by atoms with Gasteiger partial charge < -0.3 is 9.64 Å².